The first-order valence-corrected chi connectivity index (χ1v) is 8.50. The van der Waals surface area contributed by atoms with E-state index in [4.69, 9.17) is 4.74 Å². The lowest BCUT2D eigenvalue weighted by molar-refractivity contribution is -0.150. The first-order valence-electron chi connectivity index (χ1n) is 8.50. The minimum Gasteiger partial charge on any atom is -0.378 e. The summed E-state index contributed by atoms with van der Waals surface area (Å²) in [6.07, 6.45) is 10.5. The van der Waals surface area contributed by atoms with Gasteiger partial charge in [-0.25, -0.2) is 0 Å². The topological polar surface area (TPSA) is 39.1 Å². The van der Waals surface area contributed by atoms with Crippen LogP contribution in [0.15, 0.2) is 6.20 Å². The number of nitrogens with one attached hydrogen (secondary N) is 1. The highest BCUT2D eigenvalue weighted by Crippen LogP contribution is 2.53. The highest BCUT2D eigenvalue weighted by molar-refractivity contribution is 5.17. The number of rotatable bonds is 5. The minimum atomic E-state index is 0.407. The van der Waals surface area contributed by atoms with E-state index in [0.29, 0.717) is 17.6 Å². The maximum atomic E-state index is 6.02. The molecule has 1 heterocycles. The van der Waals surface area contributed by atoms with Crippen LogP contribution in [0.1, 0.15) is 56.7 Å². The summed E-state index contributed by atoms with van der Waals surface area (Å²) in [5.74, 6) is 0. The molecule has 2 saturated carbocycles. The van der Waals surface area contributed by atoms with Crippen LogP contribution >= 0.6 is 0 Å². The summed E-state index contributed by atoms with van der Waals surface area (Å²) in [4.78, 5) is 0. The van der Waals surface area contributed by atoms with Crippen molar-refractivity contribution in [1.82, 2.24) is 15.1 Å². The molecule has 2 aliphatic rings. The molecule has 2 atom stereocenters. The number of aryl methyl sites for hydroxylation is 1. The van der Waals surface area contributed by atoms with E-state index >= 15 is 0 Å². The van der Waals surface area contributed by atoms with Gasteiger partial charge in [0.05, 0.1) is 12.3 Å². The normalized spacial score (nSPS) is 27.8. The van der Waals surface area contributed by atoms with Crippen LogP contribution < -0.4 is 5.32 Å². The largest absolute Gasteiger partial charge is 0.378 e. The van der Waals surface area contributed by atoms with Crippen molar-refractivity contribution in [2.75, 3.05) is 6.61 Å². The fraction of sp³-hybridized carbons (Fsp3) is 0.824. The maximum Gasteiger partial charge on any atom is 0.0661 e. The quantitative estimate of drug-likeness (QED) is 0.906. The third-order valence-electron chi connectivity index (χ3n) is 5.81. The zero-order valence-corrected chi connectivity index (χ0v) is 13.7. The molecule has 1 spiro atoms. The lowest BCUT2D eigenvalue weighted by atomic mass is 9.55. The van der Waals surface area contributed by atoms with Gasteiger partial charge in [0, 0.05) is 42.9 Å². The molecule has 118 valence electrons. The average Bonchev–Trinajstić information content (AvgIpc) is 2.83. The van der Waals surface area contributed by atoms with E-state index in [1.54, 1.807) is 0 Å². The summed E-state index contributed by atoms with van der Waals surface area (Å²) in [6.45, 7) is 6.05. The van der Waals surface area contributed by atoms with Crippen molar-refractivity contribution in [2.24, 2.45) is 12.5 Å². The van der Waals surface area contributed by atoms with E-state index in [2.05, 4.69) is 24.3 Å². The smallest absolute Gasteiger partial charge is 0.0661 e. The molecule has 0 radical (unpaired) electrons. The van der Waals surface area contributed by atoms with Crippen LogP contribution in [0.25, 0.3) is 0 Å². The first kappa shape index (κ1) is 15.0. The number of hydrogen-bond acceptors (Lipinski definition) is 3. The lowest BCUT2D eigenvalue weighted by Crippen LogP contribution is -2.64. The van der Waals surface area contributed by atoms with Gasteiger partial charge in [0.2, 0.25) is 0 Å². The van der Waals surface area contributed by atoms with Crippen LogP contribution in [0.2, 0.25) is 0 Å². The van der Waals surface area contributed by atoms with Gasteiger partial charge in [-0.3, -0.25) is 4.68 Å². The molecule has 2 unspecified atom stereocenters. The summed E-state index contributed by atoms with van der Waals surface area (Å²) in [5.41, 5.74) is 2.99. The highest BCUT2D eigenvalue weighted by atomic mass is 16.5. The Bertz CT molecular complexity index is 476. The molecule has 4 nitrogen and oxygen atoms in total. The fourth-order valence-corrected chi connectivity index (χ4v) is 4.30. The molecule has 0 aliphatic heterocycles. The van der Waals surface area contributed by atoms with Crippen LogP contribution in [0.5, 0.6) is 0 Å². The van der Waals surface area contributed by atoms with E-state index < -0.39 is 0 Å². The van der Waals surface area contributed by atoms with Crippen LogP contribution in [0.4, 0.5) is 0 Å². The third kappa shape index (κ3) is 2.64. The summed E-state index contributed by atoms with van der Waals surface area (Å²) >= 11 is 0. The Morgan fingerprint density at radius 1 is 1.38 bits per heavy atom. The molecule has 0 amide bonds. The van der Waals surface area contributed by atoms with E-state index in [0.717, 1.165) is 13.2 Å². The molecular weight excluding hydrogens is 262 g/mol. The lowest BCUT2D eigenvalue weighted by Gasteiger charge is -2.58. The SMILES string of the molecule is CCOC1CC(NCc2cnn(C)c2C)C12CCCCC2. The van der Waals surface area contributed by atoms with Crippen molar-refractivity contribution in [3.63, 3.8) is 0 Å². The summed E-state index contributed by atoms with van der Waals surface area (Å²) in [6, 6.07) is 0.619. The van der Waals surface area contributed by atoms with Crippen molar-refractivity contribution in [2.45, 2.75) is 71.1 Å². The highest BCUT2D eigenvalue weighted by Gasteiger charge is 2.55. The number of hydrogen-bond donors (Lipinski definition) is 1. The Labute approximate surface area is 128 Å². The molecule has 1 aromatic rings. The predicted molar refractivity (Wildman–Crippen MR) is 84.1 cm³/mol. The Morgan fingerprint density at radius 3 is 2.76 bits per heavy atom. The van der Waals surface area contributed by atoms with E-state index in [9.17, 15) is 0 Å². The van der Waals surface area contributed by atoms with E-state index in [-0.39, 0.29) is 0 Å². The molecule has 0 bridgehead atoms. The molecule has 1 aromatic heterocycles. The minimum absolute atomic E-state index is 0.407. The Morgan fingerprint density at radius 2 is 2.14 bits per heavy atom. The van der Waals surface area contributed by atoms with Gasteiger partial charge in [-0.05, 0) is 33.1 Å². The number of aromatic nitrogens is 2. The molecule has 21 heavy (non-hydrogen) atoms. The molecule has 4 heteroatoms. The van der Waals surface area contributed by atoms with Crippen LogP contribution in [0, 0.1) is 12.3 Å². The summed E-state index contributed by atoms with van der Waals surface area (Å²) in [5, 5.41) is 8.14. The summed E-state index contributed by atoms with van der Waals surface area (Å²) < 4.78 is 7.98. The van der Waals surface area contributed by atoms with Gasteiger partial charge in [-0.2, -0.15) is 5.10 Å². The number of nitrogens with zero attached hydrogens (tertiary/aromatic N) is 2. The van der Waals surface area contributed by atoms with Crippen molar-refractivity contribution in [3.8, 4) is 0 Å². The Balaban J connectivity index is 1.63. The van der Waals surface area contributed by atoms with E-state index in [1.165, 1.54) is 49.8 Å². The second kappa shape index (κ2) is 6.09. The van der Waals surface area contributed by atoms with Crippen molar-refractivity contribution in [3.05, 3.63) is 17.5 Å². The monoisotopic (exact) mass is 291 g/mol. The van der Waals surface area contributed by atoms with Crippen molar-refractivity contribution < 1.29 is 4.74 Å². The molecule has 3 rings (SSSR count). The predicted octanol–water partition coefficient (Wildman–Crippen LogP) is 2.95. The third-order valence-corrected chi connectivity index (χ3v) is 5.81. The Hall–Kier alpha value is -0.870. The van der Waals surface area contributed by atoms with Crippen molar-refractivity contribution >= 4 is 0 Å². The second-order valence-corrected chi connectivity index (χ2v) is 6.79. The average molecular weight is 291 g/mol. The van der Waals surface area contributed by atoms with Crippen molar-refractivity contribution in [1.29, 1.82) is 0 Å². The molecule has 1 N–H and O–H groups in total. The van der Waals surface area contributed by atoms with Crippen LogP contribution in [0.3, 0.4) is 0 Å². The zero-order chi connectivity index (χ0) is 14.9. The molecular formula is C17H29N3O. The molecule has 0 aromatic carbocycles. The summed E-state index contributed by atoms with van der Waals surface area (Å²) in [7, 11) is 2.01. The van der Waals surface area contributed by atoms with Crippen LogP contribution in [-0.2, 0) is 18.3 Å². The van der Waals surface area contributed by atoms with Gasteiger partial charge in [0.25, 0.3) is 0 Å². The number of ether oxygens (including phenoxy) is 1. The van der Waals surface area contributed by atoms with Gasteiger partial charge in [0.15, 0.2) is 0 Å². The first-order chi connectivity index (χ1) is 10.2. The van der Waals surface area contributed by atoms with Crippen LogP contribution in [-0.4, -0.2) is 28.5 Å². The molecule has 2 fully saturated rings. The fourth-order valence-electron chi connectivity index (χ4n) is 4.30. The van der Waals surface area contributed by atoms with Gasteiger partial charge in [0.1, 0.15) is 0 Å². The van der Waals surface area contributed by atoms with Gasteiger partial charge >= 0.3 is 0 Å². The zero-order valence-electron chi connectivity index (χ0n) is 13.7. The molecule has 0 saturated heterocycles. The van der Waals surface area contributed by atoms with E-state index in [1.807, 2.05) is 17.9 Å². The Kier molecular flexibility index (Phi) is 4.36. The molecule has 2 aliphatic carbocycles. The second-order valence-electron chi connectivity index (χ2n) is 6.79. The van der Waals surface area contributed by atoms with Gasteiger partial charge < -0.3 is 10.1 Å². The standard InChI is InChI=1S/C17H29N3O/c1-4-21-16-10-15(17(16)8-6-5-7-9-17)18-11-14-12-19-20(3)13(14)2/h12,15-16,18H,4-11H2,1-3H3. The maximum absolute atomic E-state index is 6.02. The van der Waals surface area contributed by atoms with Gasteiger partial charge in [-0.1, -0.05) is 19.3 Å². The van der Waals surface area contributed by atoms with Gasteiger partial charge in [-0.15, -0.1) is 0 Å².